The summed E-state index contributed by atoms with van der Waals surface area (Å²) in [7, 11) is 0. The molecule has 2 N–H and O–H groups in total. The minimum absolute atomic E-state index is 0.101. The molecule has 5 heteroatoms. The van der Waals surface area contributed by atoms with Crippen LogP contribution in [-0.2, 0) is 9.59 Å². The Kier molecular flexibility index (Phi) is 7.48. The van der Waals surface area contributed by atoms with E-state index in [1.807, 2.05) is 87.5 Å². The van der Waals surface area contributed by atoms with Crippen LogP contribution in [0.3, 0.4) is 0 Å². The minimum Gasteiger partial charge on any atom is -0.343 e. The van der Waals surface area contributed by atoms with Crippen LogP contribution in [0.25, 0.3) is 0 Å². The maximum absolute atomic E-state index is 13.4. The zero-order chi connectivity index (χ0) is 22.4. The Morgan fingerprint density at radius 2 is 1.35 bits per heavy atom. The standard InChI is InChI=1S/C26H27ClN2O2/c1-17(2)24(26(31)28-22-16-21(27)15-14-18(22)3)29-25(30)23(19-10-6-4-7-11-19)20-12-8-5-9-13-20/h4-17,23-24H,1-3H3,(H,28,31)(H,29,30)/t24-/m0/s1. The highest BCUT2D eigenvalue weighted by atomic mass is 35.5. The third kappa shape index (κ3) is 5.74. The maximum Gasteiger partial charge on any atom is 0.247 e. The summed E-state index contributed by atoms with van der Waals surface area (Å²) in [5.41, 5.74) is 3.29. The van der Waals surface area contributed by atoms with Crippen molar-refractivity contribution in [3.05, 3.63) is 101 Å². The molecule has 31 heavy (non-hydrogen) atoms. The van der Waals surface area contributed by atoms with Gasteiger partial charge in [0, 0.05) is 10.7 Å². The zero-order valence-electron chi connectivity index (χ0n) is 17.9. The number of hydrogen-bond acceptors (Lipinski definition) is 2. The Balaban J connectivity index is 1.85. The second-order valence-electron chi connectivity index (χ2n) is 7.93. The average Bonchev–Trinajstić information content (AvgIpc) is 2.76. The molecule has 3 aromatic carbocycles. The van der Waals surface area contributed by atoms with Crippen molar-refractivity contribution in [3.63, 3.8) is 0 Å². The molecule has 0 unspecified atom stereocenters. The summed E-state index contributed by atoms with van der Waals surface area (Å²) in [5, 5.41) is 6.44. The van der Waals surface area contributed by atoms with Gasteiger partial charge in [0.05, 0.1) is 5.92 Å². The highest BCUT2D eigenvalue weighted by molar-refractivity contribution is 6.31. The summed E-state index contributed by atoms with van der Waals surface area (Å²) < 4.78 is 0. The lowest BCUT2D eigenvalue weighted by Gasteiger charge is -2.25. The zero-order valence-corrected chi connectivity index (χ0v) is 18.7. The Labute approximate surface area is 188 Å². The molecule has 160 valence electrons. The maximum atomic E-state index is 13.4. The van der Waals surface area contributed by atoms with E-state index >= 15 is 0 Å². The van der Waals surface area contributed by atoms with Crippen LogP contribution < -0.4 is 10.6 Å². The van der Waals surface area contributed by atoms with Crippen LogP contribution in [0.2, 0.25) is 5.02 Å². The van der Waals surface area contributed by atoms with Crippen LogP contribution in [0.1, 0.15) is 36.5 Å². The fourth-order valence-electron chi connectivity index (χ4n) is 3.50. The first-order valence-corrected chi connectivity index (χ1v) is 10.7. The molecule has 0 heterocycles. The molecule has 0 radical (unpaired) electrons. The van der Waals surface area contributed by atoms with E-state index in [1.54, 1.807) is 12.1 Å². The van der Waals surface area contributed by atoms with Crippen LogP contribution in [-0.4, -0.2) is 17.9 Å². The molecule has 0 aromatic heterocycles. The van der Waals surface area contributed by atoms with E-state index in [1.165, 1.54) is 0 Å². The van der Waals surface area contributed by atoms with Crippen LogP contribution in [0, 0.1) is 12.8 Å². The lowest BCUT2D eigenvalue weighted by atomic mass is 9.89. The summed E-state index contributed by atoms with van der Waals surface area (Å²) in [4.78, 5) is 26.5. The summed E-state index contributed by atoms with van der Waals surface area (Å²) in [5.74, 6) is -1.09. The van der Waals surface area contributed by atoms with Crippen molar-refractivity contribution in [2.75, 3.05) is 5.32 Å². The van der Waals surface area contributed by atoms with Crippen LogP contribution in [0.5, 0.6) is 0 Å². The predicted molar refractivity (Wildman–Crippen MR) is 126 cm³/mol. The molecule has 0 saturated heterocycles. The largest absolute Gasteiger partial charge is 0.343 e. The molecule has 0 fully saturated rings. The van der Waals surface area contributed by atoms with Gasteiger partial charge in [-0.05, 0) is 41.7 Å². The predicted octanol–water partition coefficient (Wildman–Crippen LogP) is 5.56. The molecule has 0 aliphatic heterocycles. The van der Waals surface area contributed by atoms with Crippen molar-refractivity contribution in [3.8, 4) is 0 Å². The van der Waals surface area contributed by atoms with Crippen LogP contribution in [0.4, 0.5) is 5.69 Å². The first kappa shape index (κ1) is 22.6. The van der Waals surface area contributed by atoms with Gasteiger partial charge in [-0.25, -0.2) is 0 Å². The third-order valence-corrected chi connectivity index (χ3v) is 5.47. The number of hydrogen-bond donors (Lipinski definition) is 2. The SMILES string of the molecule is Cc1ccc(Cl)cc1NC(=O)[C@@H](NC(=O)C(c1ccccc1)c1ccccc1)C(C)C. The molecule has 3 aromatic rings. The number of amides is 2. The van der Waals surface area contributed by atoms with Crippen molar-refractivity contribution < 1.29 is 9.59 Å². The lowest BCUT2D eigenvalue weighted by molar-refractivity contribution is -0.127. The Hall–Kier alpha value is -3.11. The molecule has 1 atom stereocenters. The molecule has 4 nitrogen and oxygen atoms in total. The van der Waals surface area contributed by atoms with Gasteiger partial charge >= 0.3 is 0 Å². The number of rotatable bonds is 7. The second-order valence-corrected chi connectivity index (χ2v) is 8.37. The number of halogens is 1. The number of carbonyl (C=O) groups is 2. The van der Waals surface area contributed by atoms with Gasteiger partial charge in [-0.1, -0.05) is 92.2 Å². The molecule has 0 aliphatic carbocycles. The summed E-state index contributed by atoms with van der Waals surface area (Å²) in [6, 6.07) is 23.8. The van der Waals surface area contributed by atoms with Crippen molar-refractivity contribution >= 4 is 29.1 Å². The summed E-state index contributed by atoms with van der Waals surface area (Å²) in [6.07, 6.45) is 0. The second kappa shape index (κ2) is 10.3. The number of nitrogens with one attached hydrogen (secondary N) is 2. The van der Waals surface area contributed by atoms with Gasteiger partial charge in [0.2, 0.25) is 11.8 Å². The summed E-state index contributed by atoms with van der Waals surface area (Å²) >= 11 is 6.08. The van der Waals surface area contributed by atoms with Gasteiger partial charge in [0.25, 0.3) is 0 Å². The molecular formula is C26H27ClN2O2. The van der Waals surface area contributed by atoms with Crippen molar-refractivity contribution in [1.82, 2.24) is 5.32 Å². The highest BCUT2D eigenvalue weighted by Crippen LogP contribution is 2.26. The molecule has 3 rings (SSSR count). The topological polar surface area (TPSA) is 58.2 Å². The monoisotopic (exact) mass is 434 g/mol. The van der Waals surface area contributed by atoms with Gasteiger partial charge < -0.3 is 10.6 Å². The van der Waals surface area contributed by atoms with Gasteiger partial charge in [-0.3, -0.25) is 9.59 Å². The number of benzene rings is 3. The van der Waals surface area contributed by atoms with Crippen LogP contribution in [0.15, 0.2) is 78.9 Å². The molecule has 0 saturated carbocycles. The summed E-state index contributed by atoms with van der Waals surface area (Å²) in [6.45, 7) is 5.72. The highest BCUT2D eigenvalue weighted by Gasteiger charge is 2.29. The Morgan fingerprint density at radius 3 is 1.87 bits per heavy atom. The number of anilines is 1. The van der Waals surface area contributed by atoms with E-state index in [9.17, 15) is 9.59 Å². The van der Waals surface area contributed by atoms with Gasteiger partial charge in [-0.15, -0.1) is 0 Å². The Morgan fingerprint density at radius 1 is 0.806 bits per heavy atom. The van der Waals surface area contributed by atoms with Crippen molar-refractivity contribution in [2.45, 2.75) is 32.7 Å². The fourth-order valence-corrected chi connectivity index (χ4v) is 3.67. The van der Waals surface area contributed by atoms with E-state index in [0.29, 0.717) is 10.7 Å². The van der Waals surface area contributed by atoms with Gasteiger partial charge in [0.15, 0.2) is 0 Å². The number of carbonyl (C=O) groups excluding carboxylic acids is 2. The average molecular weight is 435 g/mol. The first-order chi connectivity index (χ1) is 14.9. The number of aryl methyl sites for hydroxylation is 1. The van der Waals surface area contributed by atoms with Gasteiger partial charge in [-0.2, -0.15) is 0 Å². The van der Waals surface area contributed by atoms with E-state index in [4.69, 9.17) is 11.6 Å². The molecule has 0 spiro atoms. The van der Waals surface area contributed by atoms with Gasteiger partial charge in [0.1, 0.15) is 6.04 Å². The van der Waals surface area contributed by atoms with Crippen molar-refractivity contribution in [2.24, 2.45) is 5.92 Å². The lowest BCUT2D eigenvalue weighted by Crippen LogP contribution is -2.48. The van der Waals surface area contributed by atoms with Crippen LogP contribution >= 0.6 is 11.6 Å². The minimum atomic E-state index is -0.694. The normalized spacial score (nSPS) is 11.9. The van der Waals surface area contributed by atoms with Crippen molar-refractivity contribution in [1.29, 1.82) is 0 Å². The quantitative estimate of drug-likeness (QED) is 0.511. The van der Waals surface area contributed by atoms with E-state index in [0.717, 1.165) is 16.7 Å². The van der Waals surface area contributed by atoms with E-state index < -0.39 is 12.0 Å². The smallest absolute Gasteiger partial charge is 0.247 e. The molecule has 0 aliphatic rings. The third-order valence-electron chi connectivity index (χ3n) is 5.23. The molecular weight excluding hydrogens is 408 g/mol. The first-order valence-electron chi connectivity index (χ1n) is 10.3. The van der Waals surface area contributed by atoms with E-state index in [-0.39, 0.29) is 17.7 Å². The van der Waals surface area contributed by atoms with E-state index in [2.05, 4.69) is 10.6 Å². The fraction of sp³-hybridized carbons (Fsp3) is 0.231. The molecule has 0 bridgehead atoms. The molecule has 2 amide bonds. The Bertz CT molecular complexity index is 996.